The summed E-state index contributed by atoms with van der Waals surface area (Å²) < 4.78 is 4.70. The number of carboxylic acids is 2. The van der Waals surface area contributed by atoms with Crippen LogP contribution in [0.25, 0.3) is 0 Å². The summed E-state index contributed by atoms with van der Waals surface area (Å²) in [5.41, 5.74) is 4.57. The molecule has 13 heavy (non-hydrogen) atoms. The van der Waals surface area contributed by atoms with Gasteiger partial charge in [-0.1, -0.05) is 0 Å². The highest BCUT2D eigenvalue weighted by molar-refractivity contribution is 5.72. The molecule has 0 spiro atoms. The van der Waals surface area contributed by atoms with Crippen molar-refractivity contribution in [2.75, 3.05) is 19.7 Å². The second kappa shape index (κ2) is 6.35. The van der Waals surface area contributed by atoms with Crippen LogP contribution in [-0.4, -0.2) is 48.1 Å². The molecule has 1 aliphatic rings. The number of ether oxygens (including phenoxy) is 1. The molecule has 7 heteroatoms. The predicted octanol–water partition coefficient (Wildman–Crippen LogP) is -1.95. The molecule has 1 rings (SSSR count). The Hall–Kier alpha value is -1.18. The molecule has 1 saturated heterocycles. The normalized spacial score (nSPS) is 20.2. The molecule has 0 bridgehead atoms. The van der Waals surface area contributed by atoms with Crippen LogP contribution in [0.1, 0.15) is 0 Å². The van der Waals surface area contributed by atoms with Gasteiger partial charge in [-0.25, -0.2) is 4.79 Å². The second-order valence-electron chi connectivity index (χ2n) is 2.14. The van der Waals surface area contributed by atoms with E-state index in [1.807, 2.05) is 0 Å². The number of carboxylic acid groups (broad SMARTS) is 2. The summed E-state index contributed by atoms with van der Waals surface area (Å²) in [6.45, 7) is 0.855. The first-order valence-corrected chi connectivity index (χ1v) is 3.57. The Kier molecular flexibility index (Phi) is 5.77. The van der Waals surface area contributed by atoms with Crippen LogP contribution in [-0.2, 0) is 14.3 Å². The van der Waals surface area contributed by atoms with Crippen LogP contribution in [0.2, 0.25) is 0 Å². The maximum atomic E-state index is 10.0. The minimum atomic E-state index is -0.968. The third-order valence-corrected chi connectivity index (χ3v) is 1.12. The van der Waals surface area contributed by atoms with Crippen LogP contribution in [0.4, 0.5) is 0 Å². The minimum Gasteiger partial charge on any atom is -0.480 e. The molecule has 0 aromatic carbocycles. The average Bonchev–Trinajstić information content (AvgIpc) is 2.57. The lowest BCUT2D eigenvalue weighted by Gasteiger charge is -1.99. The molecule has 0 aliphatic carbocycles. The zero-order valence-electron chi connectivity index (χ0n) is 6.90. The summed E-state index contributed by atoms with van der Waals surface area (Å²) in [7, 11) is 0. The number of carbonyl (C=O) groups is 2. The van der Waals surface area contributed by atoms with E-state index in [2.05, 4.69) is 11.1 Å². The first-order valence-electron chi connectivity index (χ1n) is 3.57. The van der Waals surface area contributed by atoms with Crippen molar-refractivity contribution in [2.24, 2.45) is 5.73 Å². The van der Waals surface area contributed by atoms with Crippen LogP contribution in [0, 0.1) is 0 Å². The number of hydrogen-bond donors (Lipinski definition) is 4. The van der Waals surface area contributed by atoms with Crippen LogP contribution >= 0.6 is 0 Å². The Morgan fingerprint density at radius 2 is 2.08 bits per heavy atom. The van der Waals surface area contributed by atoms with E-state index in [0.717, 1.165) is 0 Å². The van der Waals surface area contributed by atoms with Crippen molar-refractivity contribution in [1.29, 1.82) is 0 Å². The Labute approximate surface area is 74.5 Å². The third kappa shape index (κ3) is 6.02. The number of nitrogens with one attached hydrogen (secondary N) is 1. The molecular formula is C6H12N2O5. The lowest BCUT2D eigenvalue weighted by atomic mass is 10.6. The fourth-order valence-corrected chi connectivity index (χ4v) is 0.584. The van der Waals surface area contributed by atoms with E-state index < -0.39 is 18.2 Å². The lowest BCUT2D eigenvalue weighted by Crippen LogP contribution is -2.31. The van der Waals surface area contributed by atoms with Crippen LogP contribution in [0.5, 0.6) is 0 Å². The molecule has 76 valence electrons. The van der Waals surface area contributed by atoms with Gasteiger partial charge in [0, 0.05) is 6.54 Å². The van der Waals surface area contributed by atoms with Gasteiger partial charge in [-0.15, -0.1) is 0 Å². The van der Waals surface area contributed by atoms with E-state index in [-0.39, 0.29) is 6.54 Å². The van der Waals surface area contributed by atoms with Gasteiger partial charge in [0.1, 0.15) is 0 Å². The second-order valence-corrected chi connectivity index (χ2v) is 2.14. The minimum absolute atomic E-state index is 0.278. The summed E-state index contributed by atoms with van der Waals surface area (Å²) in [6.07, 6.45) is -0.769. The zero-order valence-corrected chi connectivity index (χ0v) is 6.90. The van der Waals surface area contributed by atoms with Crippen molar-refractivity contribution in [3.05, 3.63) is 0 Å². The average molecular weight is 192 g/mol. The largest absolute Gasteiger partial charge is 0.480 e. The Bertz CT molecular complexity index is 178. The number of hydrogen-bond acceptors (Lipinski definition) is 5. The molecule has 0 amide bonds. The van der Waals surface area contributed by atoms with Crippen molar-refractivity contribution in [3.63, 3.8) is 0 Å². The van der Waals surface area contributed by atoms with Gasteiger partial charge in [-0.2, -0.15) is 0 Å². The first-order chi connectivity index (χ1) is 6.07. The van der Waals surface area contributed by atoms with E-state index in [9.17, 15) is 9.59 Å². The van der Waals surface area contributed by atoms with Crippen molar-refractivity contribution < 1.29 is 24.5 Å². The van der Waals surface area contributed by atoms with Gasteiger partial charge in [-0.3, -0.25) is 10.1 Å². The molecule has 0 saturated carbocycles. The maximum Gasteiger partial charge on any atom is 0.348 e. The van der Waals surface area contributed by atoms with Gasteiger partial charge >= 0.3 is 11.9 Å². The monoisotopic (exact) mass is 192 g/mol. The smallest absolute Gasteiger partial charge is 0.348 e. The van der Waals surface area contributed by atoms with E-state index in [1.54, 1.807) is 0 Å². The van der Waals surface area contributed by atoms with E-state index in [0.29, 0.717) is 13.2 Å². The molecule has 7 nitrogen and oxygen atoms in total. The highest BCUT2D eigenvalue weighted by atomic mass is 16.5. The molecule has 0 aromatic heterocycles. The summed E-state index contributed by atoms with van der Waals surface area (Å²) >= 11 is 0. The molecule has 1 fully saturated rings. The maximum absolute atomic E-state index is 10.0. The molecule has 5 N–H and O–H groups in total. The predicted molar refractivity (Wildman–Crippen MR) is 42.1 cm³/mol. The summed E-state index contributed by atoms with van der Waals surface area (Å²) in [5, 5.41) is 18.5. The van der Waals surface area contributed by atoms with Gasteiger partial charge in [0.05, 0.1) is 13.2 Å². The SMILES string of the molecule is NCC(=O)O.O=C(O)[C@H]1NCCO1. The topological polar surface area (TPSA) is 122 Å². The first kappa shape index (κ1) is 11.8. The Balaban J connectivity index is 0.000000252. The molecule has 1 heterocycles. The third-order valence-electron chi connectivity index (χ3n) is 1.12. The van der Waals surface area contributed by atoms with Crippen molar-refractivity contribution in [1.82, 2.24) is 5.32 Å². The summed E-state index contributed by atoms with van der Waals surface area (Å²) in [5.74, 6) is -1.91. The van der Waals surface area contributed by atoms with Gasteiger partial charge in [0.2, 0.25) is 6.23 Å². The molecule has 0 unspecified atom stereocenters. The highest BCUT2D eigenvalue weighted by Gasteiger charge is 2.20. The van der Waals surface area contributed by atoms with E-state index >= 15 is 0 Å². The van der Waals surface area contributed by atoms with Gasteiger partial charge in [0.15, 0.2) is 0 Å². The molecule has 1 atom stereocenters. The summed E-state index contributed by atoms with van der Waals surface area (Å²) in [4.78, 5) is 19.3. The Morgan fingerprint density at radius 3 is 2.23 bits per heavy atom. The van der Waals surface area contributed by atoms with Gasteiger partial charge in [0.25, 0.3) is 0 Å². The van der Waals surface area contributed by atoms with E-state index in [4.69, 9.17) is 14.9 Å². The van der Waals surface area contributed by atoms with E-state index in [1.165, 1.54) is 0 Å². The molecular weight excluding hydrogens is 180 g/mol. The van der Waals surface area contributed by atoms with Crippen molar-refractivity contribution in [2.45, 2.75) is 6.23 Å². The fourth-order valence-electron chi connectivity index (χ4n) is 0.584. The van der Waals surface area contributed by atoms with Gasteiger partial charge in [-0.05, 0) is 0 Å². The van der Waals surface area contributed by atoms with Crippen LogP contribution in [0.3, 0.4) is 0 Å². The quantitative estimate of drug-likeness (QED) is 0.401. The van der Waals surface area contributed by atoms with Crippen LogP contribution < -0.4 is 11.1 Å². The van der Waals surface area contributed by atoms with Crippen LogP contribution in [0.15, 0.2) is 0 Å². The summed E-state index contributed by atoms with van der Waals surface area (Å²) in [6, 6.07) is 0. The zero-order chi connectivity index (χ0) is 10.3. The lowest BCUT2D eigenvalue weighted by molar-refractivity contribution is -0.148. The highest BCUT2D eigenvalue weighted by Crippen LogP contribution is 1.92. The standard InChI is InChI=1S/C4H7NO3.C2H5NO2/c6-4(7)3-5-1-2-8-3;3-1-2(4)5/h3,5H,1-2H2,(H,6,7);1,3H2,(H,4,5)/t3-;/m0./s1. The van der Waals surface area contributed by atoms with Crippen molar-refractivity contribution >= 4 is 11.9 Å². The fraction of sp³-hybridized carbons (Fsp3) is 0.667. The molecule has 1 aliphatic heterocycles. The Morgan fingerprint density at radius 1 is 1.54 bits per heavy atom. The number of rotatable bonds is 2. The van der Waals surface area contributed by atoms with Gasteiger partial charge < -0.3 is 20.7 Å². The number of nitrogens with two attached hydrogens (primary N) is 1. The number of aliphatic carboxylic acids is 2. The molecule has 0 radical (unpaired) electrons. The molecule has 0 aromatic rings. The van der Waals surface area contributed by atoms with Crippen molar-refractivity contribution in [3.8, 4) is 0 Å².